The fourth-order valence-corrected chi connectivity index (χ4v) is 2.86. The Balaban J connectivity index is 1.90. The van der Waals surface area contributed by atoms with E-state index in [0.29, 0.717) is 24.5 Å². The minimum atomic E-state index is -0.540. The molecule has 0 aromatic heterocycles. The monoisotopic (exact) mass is 335 g/mol. The van der Waals surface area contributed by atoms with Crippen molar-refractivity contribution in [2.75, 3.05) is 40.0 Å². The summed E-state index contributed by atoms with van der Waals surface area (Å²) in [5.74, 6) is -0.174. The van der Waals surface area contributed by atoms with Gasteiger partial charge in [0.1, 0.15) is 5.75 Å². The fourth-order valence-electron chi connectivity index (χ4n) is 2.86. The van der Waals surface area contributed by atoms with Crippen LogP contribution in [-0.2, 0) is 9.53 Å². The first-order chi connectivity index (χ1) is 11.5. The topological polar surface area (TPSA) is 103 Å². The molecule has 0 unspecified atom stereocenters. The molecule has 1 aliphatic rings. The van der Waals surface area contributed by atoms with Gasteiger partial charge in [0.05, 0.1) is 6.61 Å². The summed E-state index contributed by atoms with van der Waals surface area (Å²) in [6.07, 6.45) is 1.95. The zero-order valence-electron chi connectivity index (χ0n) is 14.0. The molecule has 1 aliphatic heterocycles. The van der Waals surface area contributed by atoms with Crippen LogP contribution in [0.3, 0.4) is 0 Å². The highest BCUT2D eigenvalue weighted by atomic mass is 16.5. The molecule has 2 amide bonds. The number of carbonyl (C=O) groups excluding carboxylic acids is 2. The zero-order chi connectivity index (χ0) is 17.4. The summed E-state index contributed by atoms with van der Waals surface area (Å²) in [7, 11) is 1.69. The first-order valence-electron chi connectivity index (χ1n) is 8.04. The summed E-state index contributed by atoms with van der Waals surface area (Å²) in [4.78, 5) is 23.0. The molecule has 1 saturated heterocycles. The zero-order valence-corrected chi connectivity index (χ0v) is 14.0. The number of piperidine rings is 1. The van der Waals surface area contributed by atoms with Gasteiger partial charge in [0, 0.05) is 24.6 Å². The molecule has 0 spiro atoms. The maximum absolute atomic E-state index is 12.3. The highest BCUT2D eigenvalue weighted by Crippen LogP contribution is 2.28. The van der Waals surface area contributed by atoms with E-state index in [-0.39, 0.29) is 17.9 Å². The Hall–Kier alpha value is -2.12. The van der Waals surface area contributed by atoms with Crippen LogP contribution in [0.5, 0.6) is 5.75 Å². The maximum atomic E-state index is 12.3. The minimum absolute atomic E-state index is 0.0137. The molecule has 7 heteroatoms. The highest BCUT2D eigenvalue weighted by molar-refractivity contribution is 5.94. The number of primary amides is 1. The number of hydrogen-bond donors (Lipinski definition) is 3. The Kier molecular flexibility index (Phi) is 6.57. The van der Waals surface area contributed by atoms with Crippen LogP contribution in [0.1, 0.15) is 23.2 Å². The van der Waals surface area contributed by atoms with Crippen LogP contribution >= 0.6 is 0 Å². The van der Waals surface area contributed by atoms with Crippen molar-refractivity contribution in [3.63, 3.8) is 0 Å². The molecular formula is C17H25N3O4. The summed E-state index contributed by atoms with van der Waals surface area (Å²) in [5, 5.41) is 6.33. The summed E-state index contributed by atoms with van der Waals surface area (Å²) in [6, 6.07) is 6.62. The van der Waals surface area contributed by atoms with E-state index in [0.717, 1.165) is 25.9 Å². The fraction of sp³-hybridized carbons (Fsp3) is 0.529. The average molecular weight is 335 g/mol. The van der Waals surface area contributed by atoms with E-state index in [2.05, 4.69) is 10.6 Å². The van der Waals surface area contributed by atoms with Crippen LogP contribution in [-0.4, -0.2) is 51.8 Å². The lowest BCUT2D eigenvalue weighted by molar-refractivity contribution is -0.119. The number of methoxy groups -OCH3 is 1. The van der Waals surface area contributed by atoms with Gasteiger partial charge in [-0.05, 0) is 50.2 Å². The lowest BCUT2D eigenvalue weighted by Crippen LogP contribution is -2.47. The summed E-state index contributed by atoms with van der Waals surface area (Å²) >= 11 is 0. The van der Waals surface area contributed by atoms with Crippen molar-refractivity contribution < 1.29 is 19.1 Å². The van der Waals surface area contributed by atoms with Crippen molar-refractivity contribution in [2.45, 2.75) is 12.8 Å². The van der Waals surface area contributed by atoms with Crippen molar-refractivity contribution in [2.24, 2.45) is 11.1 Å². The molecule has 1 aromatic carbocycles. The molecule has 2 rings (SSSR count). The number of benzene rings is 1. The molecule has 7 nitrogen and oxygen atoms in total. The van der Waals surface area contributed by atoms with E-state index >= 15 is 0 Å². The van der Waals surface area contributed by atoms with Gasteiger partial charge in [0.25, 0.3) is 11.8 Å². The van der Waals surface area contributed by atoms with Gasteiger partial charge in [-0.15, -0.1) is 0 Å². The van der Waals surface area contributed by atoms with Crippen LogP contribution in [0.15, 0.2) is 24.3 Å². The third-order valence-corrected chi connectivity index (χ3v) is 4.24. The predicted molar refractivity (Wildman–Crippen MR) is 89.9 cm³/mol. The predicted octanol–water partition coefficient (Wildman–Crippen LogP) is 0.297. The lowest BCUT2D eigenvalue weighted by Gasteiger charge is -2.37. The molecule has 0 bridgehead atoms. The standard InChI is InChI=1S/C17H25N3O4/c1-23-12-17(6-8-19-9-7-17)11-20-16(22)13-2-4-14(5-3-13)24-10-15(18)21/h2-5,19H,6-12H2,1H3,(H2,18,21)(H,20,22). The van der Waals surface area contributed by atoms with Gasteiger partial charge < -0.3 is 25.8 Å². The third-order valence-electron chi connectivity index (χ3n) is 4.24. The summed E-state index contributed by atoms with van der Waals surface area (Å²) in [5.41, 5.74) is 5.55. The molecule has 1 aromatic rings. The second kappa shape index (κ2) is 8.65. The quantitative estimate of drug-likeness (QED) is 0.634. The van der Waals surface area contributed by atoms with Gasteiger partial charge in [-0.3, -0.25) is 9.59 Å². The van der Waals surface area contributed by atoms with E-state index in [1.165, 1.54) is 0 Å². The lowest BCUT2D eigenvalue weighted by atomic mass is 9.79. The van der Waals surface area contributed by atoms with Crippen LogP contribution < -0.4 is 21.1 Å². The normalized spacial score (nSPS) is 16.4. The van der Waals surface area contributed by atoms with Crippen LogP contribution in [0.25, 0.3) is 0 Å². The average Bonchev–Trinajstić information content (AvgIpc) is 2.59. The van der Waals surface area contributed by atoms with Gasteiger partial charge in [0.15, 0.2) is 6.61 Å². The van der Waals surface area contributed by atoms with E-state index in [1.54, 1.807) is 31.4 Å². The number of nitrogens with two attached hydrogens (primary N) is 1. The smallest absolute Gasteiger partial charge is 0.255 e. The first kappa shape index (κ1) is 18.2. The first-order valence-corrected chi connectivity index (χ1v) is 8.04. The van der Waals surface area contributed by atoms with E-state index in [1.807, 2.05) is 0 Å². The summed E-state index contributed by atoms with van der Waals surface area (Å²) < 4.78 is 10.5. The molecule has 0 atom stereocenters. The molecule has 1 heterocycles. The Morgan fingerprint density at radius 3 is 2.50 bits per heavy atom. The third kappa shape index (κ3) is 5.21. The Bertz CT molecular complexity index is 548. The van der Waals surface area contributed by atoms with Crippen molar-refractivity contribution >= 4 is 11.8 Å². The number of ether oxygens (including phenoxy) is 2. The Morgan fingerprint density at radius 1 is 1.25 bits per heavy atom. The molecule has 0 aliphatic carbocycles. The van der Waals surface area contributed by atoms with Crippen molar-refractivity contribution in [3.05, 3.63) is 29.8 Å². The van der Waals surface area contributed by atoms with Crippen molar-refractivity contribution in [1.82, 2.24) is 10.6 Å². The molecule has 1 fully saturated rings. The van der Waals surface area contributed by atoms with Crippen molar-refractivity contribution in [1.29, 1.82) is 0 Å². The maximum Gasteiger partial charge on any atom is 0.255 e. The van der Waals surface area contributed by atoms with Crippen LogP contribution in [0.4, 0.5) is 0 Å². The molecule has 24 heavy (non-hydrogen) atoms. The summed E-state index contributed by atoms with van der Waals surface area (Å²) in [6.45, 7) is 2.91. The van der Waals surface area contributed by atoms with E-state index in [9.17, 15) is 9.59 Å². The second-order valence-electron chi connectivity index (χ2n) is 6.15. The van der Waals surface area contributed by atoms with Gasteiger partial charge in [-0.2, -0.15) is 0 Å². The Labute approximate surface area is 141 Å². The molecule has 4 N–H and O–H groups in total. The van der Waals surface area contributed by atoms with Gasteiger partial charge in [-0.1, -0.05) is 0 Å². The van der Waals surface area contributed by atoms with E-state index < -0.39 is 5.91 Å². The molecule has 0 saturated carbocycles. The van der Waals surface area contributed by atoms with Crippen LogP contribution in [0, 0.1) is 5.41 Å². The number of carbonyl (C=O) groups is 2. The van der Waals surface area contributed by atoms with Gasteiger partial charge in [0.2, 0.25) is 0 Å². The minimum Gasteiger partial charge on any atom is -0.484 e. The van der Waals surface area contributed by atoms with Gasteiger partial charge >= 0.3 is 0 Å². The number of hydrogen-bond acceptors (Lipinski definition) is 5. The van der Waals surface area contributed by atoms with Gasteiger partial charge in [-0.25, -0.2) is 0 Å². The number of amides is 2. The highest BCUT2D eigenvalue weighted by Gasteiger charge is 2.32. The largest absolute Gasteiger partial charge is 0.484 e. The second-order valence-corrected chi connectivity index (χ2v) is 6.15. The SMILES string of the molecule is COCC1(CNC(=O)c2ccc(OCC(N)=O)cc2)CCNCC1. The number of nitrogens with one attached hydrogen (secondary N) is 2. The molecule has 132 valence electrons. The van der Waals surface area contributed by atoms with Crippen LogP contribution in [0.2, 0.25) is 0 Å². The van der Waals surface area contributed by atoms with E-state index in [4.69, 9.17) is 15.2 Å². The molecule has 0 radical (unpaired) electrons. The Morgan fingerprint density at radius 2 is 1.92 bits per heavy atom. The molecular weight excluding hydrogens is 310 g/mol. The van der Waals surface area contributed by atoms with Crippen molar-refractivity contribution in [3.8, 4) is 5.75 Å². The number of rotatable bonds is 8.